The summed E-state index contributed by atoms with van der Waals surface area (Å²) in [7, 11) is -0.597. The molecule has 0 aliphatic heterocycles. The Morgan fingerprint density at radius 3 is 2.33 bits per heavy atom. The first kappa shape index (κ1) is 17.4. The van der Waals surface area contributed by atoms with Crippen molar-refractivity contribution in [3.8, 4) is 0 Å². The molecular weight excluding hydrogens is 294 g/mol. The fourth-order valence-electron chi connectivity index (χ4n) is 1.76. The SMILES string of the molecule is CC(C)N(CCC(=O)O)c1ccc(S(=O)(=O)N(C)C)cn1. The van der Waals surface area contributed by atoms with Crippen molar-refractivity contribution in [1.29, 1.82) is 0 Å². The zero-order valence-electron chi connectivity index (χ0n) is 12.6. The highest BCUT2D eigenvalue weighted by molar-refractivity contribution is 7.89. The third kappa shape index (κ3) is 4.40. The quantitative estimate of drug-likeness (QED) is 0.808. The first-order valence-electron chi connectivity index (χ1n) is 6.53. The molecule has 0 aliphatic rings. The predicted octanol–water partition coefficient (Wildman–Crippen LogP) is 1.02. The van der Waals surface area contributed by atoms with Crippen LogP contribution in [0.5, 0.6) is 0 Å². The summed E-state index contributed by atoms with van der Waals surface area (Å²) in [4.78, 5) is 16.8. The molecule has 0 aliphatic carbocycles. The summed E-state index contributed by atoms with van der Waals surface area (Å²) in [5, 5.41) is 8.77. The van der Waals surface area contributed by atoms with Crippen LogP contribution in [0.15, 0.2) is 23.2 Å². The van der Waals surface area contributed by atoms with Crippen LogP contribution >= 0.6 is 0 Å². The highest BCUT2D eigenvalue weighted by Crippen LogP contribution is 2.18. The fourth-order valence-corrected chi connectivity index (χ4v) is 2.61. The lowest BCUT2D eigenvalue weighted by Crippen LogP contribution is -2.33. The minimum Gasteiger partial charge on any atom is -0.481 e. The Morgan fingerprint density at radius 2 is 1.95 bits per heavy atom. The molecule has 0 unspecified atom stereocenters. The van der Waals surface area contributed by atoms with E-state index in [1.807, 2.05) is 18.7 Å². The lowest BCUT2D eigenvalue weighted by molar-refractivity contribution is -0.136. The zero-order valence-corrected chi connectivity index (χ0v) is 13.5. The van der Waals surface area contributed by atoms with E-state index in [-0.39, 0.29) is 17.4 Å². The number of carboxylic acid groups (broad SMARTS) is 1. The topological polar surface area (TPSA) is 90.8 Å². The van der Waals surface area contributed by atoms with E-state index in [2.05, 4.69) is 4.98 Å². The predicted molar refractivity (Wildman–Crippen MR) is 79.8 cm³/mol. The lowest BCUT2D eigenvalue weighted by atomic mass is 10.2. The van der Waals surface area contributed by atoms with Crippen LogP contribution in [0.2, 0.25) is 0 Å². The van der Waals surface area contributed by atoms with Crippen molar-refractivity contribution in [2.45, 2.75) is 31.2 Å². The van der Waals surface area contributed by atoms with Gasteiger partial charge in [-0.3, -0.25) is 4.79 Å². The molecule has 1 aromatic heterocycles. The van der Waals surface area contributed by atoms with Gasteiger partial charge in [-0.15, -0.1) is 0 Å². The number of hydrogen-bond donors (Lipinski definition) is 1. The monoisotopic (exact) mass is 315 g/mol. The number of aliphatic carboxylic acids is 1. The van der Waals surface area contributed by atoms with E-state index in [1.54, 1.807) is 6.07 Å². The van der Waals surface area contributed by atoms with Crippen molar-refractivity contribution in [2.24, 2.45) is 0 Å². The van der Waals surface area contributed by atoms with Gasteiger partial charge in [0.15, 0.2) is 0 Å². The van der Waals surface area contributed by atoms with E-state index in [0.29, 0.717) is 12.4 Å². The summed E-state index contributed by atoms with van der Waals surface area (Å²) in [6.45, 7) is 4.17. The largest absolute Gasteiger partial charge is 0.481 e. The second-order valence-electron chi connectivity index (χ2n) is 5.07. The Morgan fingerprint density at radius 1 is 1.33 bits per heavy atom. The molecule has 0 atom stereocenters. The second kappa shape index (κ2) is 6.86. The molecule has 1 rings (SSSR count). The summed E-state index contributed by atoms with van der Waals surface area (Å²) < 4.78 is 25.0. The van der Waals surface area contributed by atoms with Crippen molar-refractivity contribution in [3.05, 3.63) is 18.3 Å². The Hall–Kier alpha value is -1.67. The molecule has 0 aromatic carbocycles. The highest BCUT2D eigenvalue weighted by atomic mass is 32.2. The molecule has 0 bridgehead atoms. The maximum atomic E-state index is 12.0. The third-order valence-electron chi connectivity index (χ3n) is 2.98. The van der Waals surface area contributed by atoms with Gasteiger partial charge in [0.2, 0.25) is 10.0 Å². The van der Waals surface area contributed by atoms with Crippen LogP contribution in [0.4, 0.5) is 5.82 Å². The smallest absolute Gasteiger partial charge is 0.305 e. The maximum absolute atomic E-state index is 12.0. The molecule has 0 saturated carbocycles. The molecule has 0 spiro atoms. The van der Waals surface area contributed by atoms with Gasteiger partial charge in [-0.1, -0.05) is 0 Å². The van der Waals surface area contributed by atoms with E-state index in [9.17, 15) is 13.2 Å². The molecule has 1 N–H and O–H groups in total. The molecule has 7 nitrogen and oxygen atoms in total. The van der Waals surface area contributed by atoms with Gasteiger partial charge in [-0.2, -0.15) is 0 Å². The van der Waals surface area contributed by atoms with Crippen molar-refractivity contribution < 1.29 is 18.3 Å². The maximum Gasteiger partial charge on any atom is 0.305 e. The summed E-state index contributed by atoms with van der Waals surface area (Å²) in [5.74, 6) is -0.323. The number of anilines is 1. The highest BCUT2D eigenvalue weighted by Gasteiger charge is 2.19. The average molecular weight is 315 g/mol. The molecule has 0 radical (unpaired) electrons. The Balaban J connectivity index is 3.01. The van der Waals surface area contributed by atoms with E-state index in [4.69, 9.17) is 5.11 Å². The van der Waals surface area contributed by atoms with Gasteiger partial charge >= 0.3 is 5.97 Å². The average Bonchev–Trinajstić information content (AvgIpc) is 2.38. The van der Waals surface area contributed by atoms with Gasteiger partial charge in [0.05, 0.1) is 6.42 Å². The van der Waals surface area contributed by atoms with Crippen LogP contribution in [-0.2, 0) is 14.8 Å². The summed E-state index contributed by atoms with van der Waals surface area (Å²) in [6, 6.07) is 3.14. The molecule has 0 fully saturated rings. The second-order valence-corrected chi connectivity index (χ2v) is 7.22. The minimum atomic E-state index is -3.51. The normalized spacial score (nSPS) is 11.9. The van der Waals surface area contributed by atoms with Crippen LogP contribution in [-0.4, -0.2) is 55.5 Å². The standard InChI is InChI=1S/C13H21N3O4S/c1-10(2)16(8-7-13(17)18)12-6-5-11(9-14-12)21(19,20)15(3)4/h5-6,9-10H,7-8H2,1-4H3,(H,17,18). The van der Waals surface area contributed by atoms with Gasteiger partial charge in [0.1, 0.15) is 10.7 Å². The van der Waals surface area contributed by atoms with Crippen LogP contribution in [0.3, 0.4) is 0 Å². The summed E-state index contributed by atoms with van der Waals surface area (Å²) >= 11 is 0. The van der Waals surface area contributed by atoms with E-state index >= 15 is 0 Å². The number of rotatable bonds is 7. The van der Waals surface area contributed by atoms with Gasteiger partial charge < -0.3 is 10.0 Å². The number of aromatic nitrogens is 1. The van der Waals surface area contributed by atoms with E-state index < -0.39 is 16.0 Å². The summed E-state index contributed by atoms with van der Waals surface area (Å²) in [5.41, 5.74) is 0. The van der Waals surface area contributed by atoms with Crippen LogP contribution < -0.4 is 4.90 Å². The minimum absolute atomic E-state index is 0.00237. The van der Waals surface area contributed by atoms with Crippen molar-refractivity contribution in [3.63, 3.8) is 0 Å². The van der Waals surface area contributed by atoms with Gasteiger partial charge in [0.25, 0.3) is 0 Å². The Bertz CT molecular complexity index is 582. The lowest BCUT2D eigenvalue weighted by Gasteiger charge is -2.27. The molecule has 118 valence electrons. The number of nitrogens with zero attached hydrogens (tertiary/aromatic N) is 3. The molecule has 0 saturated heterocycles. The van der Waals surface area contributed by atoms with Crippen molar-refractivity contribution in [2.75, 3.05) is 25.5 Å². The molecule has 1 heterocycles. The fraction of sp³-hybridized carbons (Fsp3) is 0.538. The first-order valence-corrected chi connectivity index (χ1v) is 7.97. The van der Waals surface area contributed by atoms with Crippen LogP contribution in [0, 0.1) is 0 Å². The van der Waals surface area contributed by atoms with Gasteiger partial charge in [-0.25, -0.2) is 17.7 Å². The Kier molecular flexibility index (Phi) is 5.68. The van der Waals surface area contributed by atoms with Crippen molar-refractivity contribution >= 4 is 21.8 Å². The number of sulfonamides is 1. The van der Waals surface area contributed by atoms with Crippen molar-refractivity contribution in [1.82, 2.24) is 9.29 Å². The van der Waals surface area contributed by atoms with Crippen LogP contribution in [0.25, 0.3) is 0 Å². The number of pyridine rings is 1. The molecule has 0 amide bonds. The van der Waals surface area contributed by atoms with Crippen LogP contribution in [0.1, 0.15) is 20.3 Å². The Labute approximate surface area is 125 Å². The number of carbonyl (C=O) groups is 1. The first-order chi connectivity index (χ1) is 9.66. The zero-order chi connectivity index (χ0) is 16.2. The van der Waals surface area contributed by atoms with E-state index in [1.165, 1.54) is 26.4 Å². The summed E-state index contributed by atoms with van der Waals surface area (Å²) in [6.07, 6.45) is 1.29. The van der Waals surface area contributed by atoms with Gasteiger partial charge in [-0.05, 0) is 26.0 Å². The molecular formula is C13H21N3O4S. The molecule has 1 aromatic rings. The number of carboxylic acids is 1. The third-order valence-corrected chi connectivity index (χ3v) is 4.78. The number of hydrogen-bond acceptors (Lipinski definition) is 5. The van der Waals surface area contributed by atoms with Gasteiger partial charge in [0, 0.05) is 32.9 Å². The molecule has 21 heavy (non-hydrogen) atoms. The molecule has 8 heteroatoms. The van der Waals surface area contributed by atoms with E-state index in [0.717, 1.165) is 4.31 Å².